The largest absolute Gasteiger partial charge is 0.573 e. The van der Waals surface area contributed by atoms with E-state index in [0.29, 0.717) is 11.5 Å². The molecule has 9 heteroatoms. The fourth-order valence-electron chi connectivity index (χ4n) is 2.48. The monoisotopic (exact) mass is 382 g/mol. The van der Waals surface area contributed by atoms with Gasteiger partial charge in [-0.25, -0.2) is 4.79 Å². The summed E-state index contributed by atoms with van der Waals surface area (Å²) in [6.07, 6.45) is -5.17. The average Bonchev–Trinajstić information content (AvgIpc) is 2.64. The second kappa shape index (κ2) is 8.07. The molecule has 0 unspecified atom stereocenters. The number of hydrogen-bond acceptors (Lipinski definition) is 4. The first-order valence-corrected chi connectivity index (χ1v) is 8.14. The van der Waals surface area contributed by atoms with Crippen LogP contribution >= 0.6 is 0 Å². The number of carbonyl (C=O) groups is 1. The minimum Gasteiger partial charge on any atom is -0.486 e. The molecule has 0 saturated heterocycles. The highest BCUT2D eigenvalue weighted by atomic mass is 19.4. The number of halogens is 3. The number of urea groups is 1. The Kier molecular flexibility index (Phi) is 5.58. The number of ether oxygens (including phenoxy) is 3. The standard InChI is InChI=1S/C18H17F3N2O4/c19-18(20,21)27-14-6-2-1-5-12(14)9-22-17(24)23-10-13-11-25-15-7-3-4-8-16(15)26-13/h1-8,13H,9-11H2,(H2,22,23,24)/t13-/m0/s1. The maximum absolute atomic E-state index is 12.4. The maximum atomic E-state index is 12.4. The van der Waals surface area contributed by atoms with Gasteiger partial charge in [0.05, 0.1) is 6.54 Å². The number of para-hydroxylation sites is 3. The molecule has 0 radical (unpaired) electrons. The van der Waals surface area contributed by atoms with Gasteiger partial charge in [0.25, 0.3) is 0 Å². The summed E-state index contributed by atoms with van der Waals surface area (Å²) in [5.41, 5.74) is 0.205. The highest BCUT2D eigenvalue weighted by Crippen LogP contribution is 2.30. The van der Waals surface area contributed by atoms with Gasteiger partial charge in [0.15, 0.2) is 17.6 Å². The van der Waals surface area contributed by atoms with Gasteiger partial charge in [0.2, 0.25) is 0 Å². The van der Waals surface area contributed by atoms with Crippen LogP contribution in [0.5, 0.6) is 17.2 Å². The van der Waals surface area contributed by atoms with E-state index in [1.807, 2.05) is 12.1 Å². The van der Waals surface area contributed by atoms with Crippen molar-refractivity contribution in [2.75, 3.05) is 13.2 Å². The van der Waals surface area contributed by atoms with Crippen molar-refractivity contribution in [2.24, 2.45) is 0 Å². The van der Waals surface area contributed by atoms with Crippen LogP contribution in [0.25, 0.3) is 0 Å². The minimum absolute atomic E-state index is 0.122. The van der Waals surface area contributed by atoms with Crippen molar-refractivity contribution in [3.05, 3.63) is 54.1 Å². The molecule has 2 aromatic carbocycles. The predicted octanol–water partition coefficient (Wildman–Crippen LogP) is 3.22. The van der Waals surface area contributed by atoms with E-state index >= 15 is 0 Å². The van der Waals surface area contributed by atoms with Crippen LogP contribution in [0.3, 0.4) is 0 Å². The number of fused-ring (bicyclic) bond motifs is 1. The molecule has 0 spiro atoms. The van der Waals surface area contributed by atoms with Crippen molar-refractivity contribution >= 4 is 6.03 Å². The van der Waals surface area contributed by atoms with E-state index in [-0.39, 0.29) is 37.1 Å². The Balaban J connectivity index is 1.47. The molecule has 0 aliphatic carbocycles. The lowest BCUT2D eigenvalue weighted by molar-refractivity contribution is -0.274. The Morgan fingerprint density at radius 1 is 1.07 bits per heavy atom. The minimum atomic E-state index is -4.80. The number of benzene rings is 2. The Hall–Kier alpha value is -3.10. The zero-order chi connectivity index (χ0) is 19.3. The number of alkyl halides is 3. The Bertz CT molecular complexity index is 798. The zero-order valence-electron chi connectivity index (χ0n) is 14.1. The van der Waals surface area contributed by atoms with Gasteiger partial charge in [-0.2, -0.15) is 0 Å². The Morgan fingerprint density at radius 3 is 2.56 bits per heavy atom. The van der Waals surface area contributed by atoms with Crippen LogP contribution in [0, 0.1) is 0 Å². The average molecular weight is 382 g/mol. The molecule has 0 bridgehead atoms. The highest BCUT2D eigenvalue weighted by Gasteiger charge is 2.32. The van der Waals surface area contributed by atoms with Crippen molar-refractivity contribution in [2.45, 2.75) is 19.0 Å². The van der Waals surface area contributed by atoms with E-state index < -0.39 is 12.4 Å². The first-order valence-electron chi connectivity index (χ1n) is 8.14. The van der Waals surface area contributed by atoms with Crippen LogP contribution in [-0.2, 0) is 6.54 Å². The molecule has 2 amide bonds. The molecule has 1 atom stereocenters. The van der Waals surface area contributed by atoms with E-state index in [4.69, 9.17) is 9.47 Å². The predicted molar refractivity (Wildman–Crippen MR) is 89.7 cm³/mol. The summed E-state index contributed by atoms with van der Waals surface area (Å²) in [7, 11) is 0. The molecule has 0 saturated carbocycles. The lowest BCUT2D eigenvalue weighted by Crippen LogP contribution is -2.44. The summed E-state index contributed by atoms with van der Waals surface area (Å²) < 4.78 is 52.4. The lowest BCUT2D eigenvalue weighted by atomic mass is 10.2. The van der Waals surface area contributed by atoms with E-state index in [1.54, 1.807) is 18.2 Å². The molecule has 2 aromatic rings. The molecule has 144 valence electrons. The first-order chi connectivity index (χ1) is 12.9. The van der Waals surface area contributed by atoms with Crippen LogP contribution in [0.15, 0.2) is 48.5 Å². The molecule has 6 nitrogen and oxygen atoms in total. The van der Waals surface area contributed by atoms with Gasteiger partial charge in [-0.05, 0) is 18.2 Å². The summed E-state index contributed by atoms with van der Waals surface area (Å²) in [5.74, 6) is 0.875. The summed E-state index contributed by atoms with van der Waals surface area (Å²) in [4.78, 5) is 11.9. The SMILES string of the molecule is O=C(NCc1ccccc1OC(F)(F)F)NC[C@H]1COc2ccccc2O1. The van der Waals surface area contributed by atoms with Gasteiger partial charge >= 0.3 is 12.4 Å². The number of hydrogen-bond donors (Lipinski definition) is 2. The van der Waals surface area contributed by atoms with Crippen LogP contribution < -0.4 is 24.8 Å². The number of rotatable bonds is 5. The Labute approximate surface area is 153 Å². The van der Waals surface area contributed by atoms with E-state index in [2.05, 4.69) is 15.4 Å². The molecule has 0 fully saturated rings. The normalized spacial score (nSPS) is 15.7. The van der Waals surface area contributed by atoms with Gasteiger partial charge in [-0.15, -0.1) is 13.2 Å². The number of nitrogens with one attached hydrogen (secondary N) is 2. The molecule has 1 aliphatic heterocycles. The van der Waals surface area contributed by atoms with Crippen molar-refractivity contribution < 1.29 is 32.2 Å². The van der Waals surface area contributed by atoms with Crippen LogP contribution in [0.1, 0.15) is 5.56 Å². The van der Waals surface area contributed by atoms with Crippen molar-refractivity contribution in [1.29, 1.82) is 0 Å². The molecular formula is C18H17F3N2O4. The third kappa shape index (κ3) is 5.44. The molecule has 0 aromatic heterocycles. The van der Waals surface area contributed by atoms with Gasteiger partial charge in [0, 0.05) is 12.1 Å². The molecule has 1 heterocycles. The number of carbonyl (C=O) groups excluding carboxylic acids is 1. The third-order valence-electron chi connectivity index (χ3n) is 3.70. The van der Waals surface area contributed by atoms with Crippen LogP contribution in [0.2, 0.25) is 0 Å². The fourth-order valence-corrected chi connectivity index (χ4v) is 2.48. The molecule has 1 aliphatic rings. The van der Waals surface area contributed by atoms with E-state index in [9.17, 15) is 18.0 Å². The molecular weight excluding hydrogens is 365 g/mol. The summed E-state index contributed by atoms with van der Waals surface area (Å²) >= 11 is 0. The first kappa shape index (κ1) is 18.7. The van der Waals surface area contributed by atoms with Crippen LogP contribution in [-0.4, -0.2) is 31.6 Å². The summed E-state index contributed by atoms with van der Waals surface area (Å²) in [6.45, 7) is 0.337. The second-order valence-corrected chi connectivity index (χ2v) is 5.72. The van der Waals surface area contributed by atoms with E-state index in [0.717, 1.165) is 0 Å². The topological polar surface area (TPSA) is 68.8 Å². The van der Waals surface area contributed by atoms with Gasteiger partial charge < -0.3 is 24.8 Å². The number of amides is 2. The van der Waals surface area contributed by atoms with Gasteiger partial charge in [0.1, 0.15) is 12.4 Å². The van der Waals surface area contributed by atoms with Crippen molar-refractivity contribution in [1.82, 2.24) is 10.6 Å². The highest BCUT2D eigenvalue weighted by molar-refractivity contribution is 5.74. The molecule has 3 rings (SSSR count). The maximum Gasteiger partial charge on any atom is 0.573 e. The fraction of sp³-hybridized carbons (Fsp3) is 0.278. The third-order valence-corrected chi connectivity index (χ3v) is 3.70. The van der Waals surface area contributed by atoms with Gasteiger partial charge in [-0.1, -0.05) is 30.3 Å². The quantitative estimate of drug-likeness (QED) is 0.833. The smallest absolute Gasteiger partial charge is 0.486 e. The van der Waals surface area contributed by atoms with Crippen LogP contribution in [0.4, 0.5) is 18.0 Å². The van der Waals surface area contributed by atoms with Crippen molar-refractivity contribution in [3.8, 4) is 17.2 Å². The summed E-state index contributed by atoms with van der Waals surface area (Å²) in [6, 6.07) is 12.2. The second-order valence-electron chi connectivity index (χ2n) is 5.72. The molecule has 27 heavy (non-hydrogen) atoms. The summed E-state index contributed by atoms with van der Waals surface area (Å²) in [5, 5.41) is 5.09. The van der Waals surface area contributed by atoms with Crippen molar-refractivity contribution in [3.63, 3.8) is 0 Å². The Morgan fingerprint density at radius 2 is 1.78 bits per heavy atom. The molecule has 2 N–H and O–H groups in total. The van der Waals surface area contributed by atoms with Gasteiger partial charge in [-0.3, -0.25) is 0 Å². The lowest BCUT2D eigenvalue weighted by Gasteiger charge is -2.26. The van der Waals surface area contributed by atoms with E-state index in [1.165, 1.54) is 18.2 Å². The zero-order valence-corrected chi connectivity index (χ0v) is 14.1.